The largest absolute Gasteiger partial charge is 0.482 e. The second kappa shape index (κ2) is 9.80. The lowest BCUT2D eigenvalue weighted by molar-refractivity contribution is -0.123. The van der Waals surface area contributed by atoms with E-state index in [9.17, 15) is 13.2 Å². The van der Waals surface area contributed by atoms with Crippen molar-refractivity contribution in [3.05, 3.63) is 53.1 Å². The molecule has 152 valence electrons. The van der Waals surface area contributed by atoms with Gasteiger partial charge in [0.25, 0.3) is 15.9 Å². The molecule has 0 aliphatic rings. The normalized spacial score (nSPS) is 12.3. The summed E-state index contributed by atoms with van der Waals surface area (Å²) in [4.78, 5) is 11.9. The first-order valence-corrected chi connectivity index (χ1v) is 10.9. The zero-order valence-corrected chi connectivity index (χ0v) is 17.7. The Morgan fingerprint density at radius 3 is 2.46 bits per heavy atom. The van der Waals surface area contributed by atoms with Gasteiger partial charge in [0.15, 0.2) is 6.61 Å². The van der Waals surface area contributed by atoms with E-state index >= 15 is 0 Å². The summed E-state index contributed by atoms with van der Waals surface area (Å²) in [6.07, 6.45) is 1.85. The molecule has 0 radical (unpaired) electrons. The number of rotatable bonds is 9. The average Bonchev–Trinajstić information content (AvgIpc) is 2.62. The zero-order chi connectivity index (χ0) is 20.7. The predicted molar refractivity (Wildman–Crippen MR) is 111 cm³/mol. The van der Waals surface area contributed by atoms with Crippen LogP contribution in [0.15, 0.2) is 47.4 Å². The van der Waals surface area contributed by atoms with Crippen molar-refractivity contribution in [1.82, 2.24) is 5.32 Å². The molecule has 28 heavy (non-hydrogen) atoms. The van der Waals surface area contributed by atoms with E-state index in [4.69, 9.17) is 16.3 Å². The lowest BCUT2D eigenvalue weighted by Crippen LogP contribution is -2.35. The SMILES string of the molecule is CCC[C@@H](C)NC(=O)COc1ccc(S(=O)(=O)Nc2ccc(C)cc2)cc1Cl. The maximum absolute atomic E-state index is 12.5. The van der Waals surface area contributed by atoms with Crippen LogP contribution < -0.4 is 14.8 Å². The summed E-state index contributed by atoms with van der Waals surface area (Å²) in [7, 11) is -3.79. The highest BCUT2D eigenvalue weighted by atomic mass is 35.5. The summed E-state index contributed by atoms with van der Waals surface area (Å²) in [5, 5.41) is 2.94. The van der Waals surface area contributed by atoms with E-state index < -0.39 is 10.0 Å². The lowest BCUT2D eigenvalue weighted by atomic mass is 10.2. The number of hydrogen-bond donors (Lipinski definition) is 2. The molecule has 2 aromatic rings. The number of benzene rings is 2. The minimum Gasteiger partial charge on any atom is -0.482 e. The fraction of sp³-hybridized carbons (Fsp3) is 0.350. The van der Waals surface area contributed by atoms with Crippen LogP contribution in [0.1, 0.15) is 32.3 Å². The number of ether oxygens (including phenoxy) is 1. The first-order valence-electron chi connectivity index (χ1n) is 9.02. The second-order valence-electron chi connectivity index (χ2n) is 6.61. The van der Waals surface area contributed by atoms with Crippen LogP contribution in [-0.2, 0) is 14.8 Å². The van der Waals surface area contributed by atoms with Gasteiger partial charge in [0.1, 0.15) is 5.75 Å². The number of carbonyl (C=O) groups is 1. The molecule has 6 nitrogen and oxygen atoms in total. The molecular weight excluding hydrogens is 400 g/mol. The molecule has 0 spiro atoms. The Balaban J connectivity index is 2.02. The minimum absolute atomic E-state index is 0.00597. The Labute approximate surface area is 171 Å². The van der Waals surface area contributed by atoms with Gasteiger partial charge in [-0.2, -0.15) is 0 Å². The van der Waals surface area contributed by atoms with Crippen LogP contribution in [0.25, 0.3) is 0 Å². The minimum atomic E-state index is -3.79. The standard InChI is InChI=1S/C20H25ClN2O4S/c1-4-5-15(3)22-20(24)13-27-19-11-10-17(12-18(19)21)28(25,26)23-16-8-6-14(2)7-9-16/h6-12,15,23H,4-5,13H2,1-3H3,(H,22,24)/t15-/m1/s1. The van der Waals surface area contributed by atoms with Crippen molar-refractivity contribution in [2.24, 2.45) is 0 Å². The molecule has 0 unspecified atom stereocenters. The van der Waals surface area contributed by atoms with Crippen LogP contribution in [0.3, 0.4) is 0 Å². The molecule has 0 aromatic heterocycles. The van der Waals surface area contributed by atoms with Gasteiger partial charge in [0, 0.05) is 11.7 Å². The summed E-state index contributed by atoms with van der Waals surface area (Å²) in [6, 6.07) is 11.2. The van der Waals surface area contributed by atoms with Crippen LogP contribution in [0.4, 0.5) is 5.69 Å². The Hall–Kier alpha value is -2.25. The van der Waals surface area contributed by atoms with Crippen molar-refractivity contribution in [2.75, 3.05) is 11.3 Å². The van der Waals surface area contributed by atoms with Gasteiger partial charge in [0.2, 0.25) is 0 Å². The Morgan fingerprint density at radius 1 is 1.18 bits per heavy atom. The molecule has 2 rings (SSSR count). The molecule has 0 saturated carbocycles. The monoisotopic (exact) mass is 424 g/mol. The van der Waals surface area contributed by atoms with Gasteiger partial charge in [-0.1, -0.05) is 42.6 Å². The third-order valence-corrected chi connectivity index (χ3v) is 5.68. The fourth-order valence-electron chi connectivity index (χ4n) is 2.57. The third kappa shape index (κ3) is 6.42. The fourth-order valence-corrected chi connectivity index (χ4v) is 3.95. The van der Waals surface area contributed by atoms with Crippen LogP contribution in [-0.4, -0.2) is 27.0 Å². The van der Waals surface area contributed by atoms with Crippen LogP contribution in [0, 0.1) is 6.92 Å². The number of carbonyl (C=O) groups excluding carboxylic acids is 1. The molecule has 2 aromatic carbocycles. The summed E-state index contributed by atoms with van der Waals surface area (Å²) in [5.74, 6) is -0.0102. The second-order valence-corrected chi connectivity index (χ2v) is 8.70. The van der Waals surface area contributed by atoms with Crippen molar-refractivity contribution in [2.45, 2.75) is 44.6 Å². The molecule has 8 heteroatoms. The maximum Gasteiger partial charge on any atom is 0.261 e. The number of hydrogen-bond acceptors (Lipinski definition) is 4. The van der Waals surface area contributed by atoms with Gasteiger partial charge in [-0.05, 0) is 50.6 Å². The quantitative estimate of drug-likeness (QED) is 0.633. The number of halogens is 1. The van der Waals surface area contributed by atoms with Crippen molar-refractivity contribution in [3.8, 4) is 5.75 Å². The van der Waals surface area contributed by atoms with Gasteiger partial charge in [0.05, 0.1) is 9.92 Å². The highest BCUT2D eigenvalue weighted by Crippen LogP contribution is 2.28. The van der Waals surface area contributed by atoms with Crippen molar-refractivity contribution in [1.29, 1.82) is 0 Å². The maximum atomic E-state index is 12.5. The summed E-state index contributed by atoms with van der Waals surface area (Å²) in [5.41, 5.74) is 1.49. The summed E-state index contributed by atoms with van der Waals surface area (Å²) >= 11 is 6.15. The number of nitrogens with one attached hydrogen (secondary N) is 2. The topological polar surface area (TPSA) is 84.5 Å². The Kier molecular flexibility index (Phi) is 7.71. The van der Waals surface area contributed by atoms with Gasteiger partial charge < -0.3 is 10.1 Å². The van der Waals surface area contributed by atoms with E-state index in [1.807, 2.05) is 32.9 Å². The molecule has 0 aliphatic carbocycles. The van der Waals surface area contributed by atoms with Crippen molar-refractivity contribution < 1.29 is 17.9 Å². The summed E-state index contributed by atoms with van der Waals surface area (Å²) < 4.78 is 33.0. The average molecular weight is 425 g/mol. The highest BCUT2D eigenvalue weighted by Gasteiger charge is 2.17. The molecular formula is C20H25ClN2O4S. The van der Waals surface area contributed by atoms with E-state index in [1.165, 1.54) is 18.2 Å². The van der Waals surface area contributed by atoms with Crippen molar-refractivity contribution in [3.63, 3.8) is 0 Å². The molecule has 2 N–H and O–H groups in total. The van der Waals surface area contributed by atoms with E-state index in [1.54, 1.807) is 12.1 Å². The number of anilines is 1. The summed E-state index contributed by atoms with van der Waals surface area (Å²) in [6.45, 7) is 5.69. The number of aryl methyl sites for hydroxylation is 1. The van der Waals surface area contributed by atoms with Gasteiger partial charge in [-0.3, -0.25) is 9.52 Å². The van der Waals surface area contributed by atoms with Gasteiger partial charge in [-0.25, -0.2) is 8.42 Å². The Morgan fingerprint density at radius 2 is 1.86 bits per heavy atom. The first-order chi connectivity index (χ1) is 13.2. The molecule has 0 saturated heterocycles. The van der Waals surface area contributed by atoms with E-state index in [0.717, 1.165) is 18.4 Å². The molecule has 1 atom stereocenters. The molecule has 0 heterocycles. The van der Waals surface area contributed by atoms with Crippen LogP contribution in [0.5, 0.6) is 5.75 Å². The van der Waals surface area contributed by atoms with Crippen LogP contribution >= 0.6 is 11.6 Å². The first kappa shape index (κ1) is 22.0. The molecule has 0 fully saturated rings. The lowest BCUT2D eigenvalue weighted by Gasteiger charge is -2.14. The molecule has 1 amide bonds. The van der Waals surface area contributed by atoms with Crippen molar-refractivity contribution >= 4 is 33.2 Å². The molecule has 0 aliphatic heterocycles. The number of sulfonamides is 1. The zero-order valence-electron chi connectivity index (χ0n) is 16.2. The van der Waals surface area contributed by atoms with E-state index in [2.05, 4.69) is 10.0 Å². The Bertz CT molecular complexity index is 914. The highest BCUT2D eigenvalue weighted by molar-refractivity contribution is 7.92. The smallest absolute Gasteiger partial charge is 0.261 e. The van der Waals surface area contributed by atoms with Gasteiger partial charge in [-0.15, -0.1) is 0 Å². The van der Waals surface area contributed by atoms with Crippen LogP contribution in [0.2, 0.25) is 5.02 Å². The predicted octanol–water partition coefficient (Wildman–Crippen LogP) is 4.13. The molecule has 0 bridgehead atoms. The van der Waals surface area contributed by atoms with E-state index in [-0.39, 0.29) is 34.2 Å². The third-order valence-electron chi connectivity index (χ3n) is 4.01. The number of amides is 1. The van der Waals surface area contributed by atoms with Gasteiger partial charge >= 0.3 is 0 Å². The van der Waals surface area contributed by atoms with E-state index in [0.29, 0.717) is 5.69 Å².